The van der Waals surface area contributed by atoms with Crippen LogP contribution in [0.1, 0.15) is 12.6 Å². The Morgan fingerprint density at radius 3 is 2.78 bits per heavy atom. The summed E-state index contributed by atoms with van der Waals surface area (Å²) < 4.78 is 14.4. The number of aryl methyl sites for hydroxylation is 1. The third kappa shape index (κ3) is 4.93. The van der Waals surface area contributed by atoms with Crippen molar-refractivity contribution in [1.82, 2.24) is 15.0 Å². The number of fused-ring (bicyclic) bond motifs is 1. The van der Waals surface area contributed by atoms with Crippen LogP contribution < -0.4 is 11.1 Å². The lowest BCUT2D eigenvalue weighted by Crippen LogP contribution is -2.12. The molecule has 0 radical (unpaired) electrons. The summed E-state index contributed by atoms with van der Waals surface area (Å²) in [6, 6.07) is 8.37. The van der Waals surface area contributed by atoms with E-state index in [4.69, 9.17) is 22.7 Å². The van der Waals surface area contributed by atoms with E-state index in [1.165, 1.54) is 30.0 Å². The summed E-state index contributed by atoms with van der Waals surface area (Å²) in [7, 11) is 0. The van der Waals surface area contributed by atoms with Gasteiger partial charge in [-0.15, -0.1) is 0 Å². The highest BCUT2D eigenvalue weighted by atomic mass is 35.5. The van der Waals surface area contributed by atoms with Crippen molar-refractivity contribution in [3.05, 3.63) is 58.9 Å². The normalized spacial score (nSPS) is 11.6. The second-order valence-corrected chi connectivity index (χ2v) is 7.23. The fourth-order valence-electron chi connectivity index (χ4n) is 2.35. The fourth-order valence-corrected chi connectivity index (χ4v) is 3.43. The van der Waals surface area contributed by atoms with Crippen LogP contribution in [-0.4, -0.2) is 20.7 Å². The molecule has 0 aliphatic heterocycles. The number of aromatic nitrogens is 3. The zero-order chi connectivity index (χ0) is 19.6. The van der Waals surface area contributed by atoms with E-state index >= 15 is 0 Å². The molecule has 0 bridgehead atoms. The summed E-state index contributed by atoms with van der Waals surface area (Å²) in [6.07, 6.45) is 1.45. The van der Waals surface area contributed by atoms with Gasteiger partial charge in [-0.3, -0.25) is 4.98 Å². The third-order valence-electron chi connectivity index (χ3n) is 3.39. The predicted molar refractivity (Wildman–Crippen MR) is 107 cm³/mol. The zero-order valence-electron chi connectivity index (χ0n) is 14.5. The van der Waals surface area contributed by atoms with Crippen molar-refractivity contribution in [2.24, 2.45) is 5.73 Å². The van der Waals surface area contributed by atoms with Gasteiger partial charge < -0.3 is 16.5 Å². The van der Waals surface area contributed by atoms with E-state index in [2.05, 4.69) is 20.3 Å². The average molecular weight is 403 g/mol. The maximum Gasteiger partial charge on any atom is 0.195 e. The molecule has 2 heterocycles. The van der Waals surface area contributed by atoms with Crippen LogP contribution in [-0.2, 0) is 0 Å². The van der Waals surface area contributed by atoms with Crippen molar-refractivity contribution >= 4 is 45.8 Å². The molecule has 3 rings (SSSR count). The fraction of sp³-hybridized carbons (Fsp3) is 0.111. The first kappa shape index (κ1) is 19.1. The largest absolute Gasteiger partial charge is 0.385 e. The molecule has 3 aromatic rings. The SMILES string of the molecule is CC(=N)/C=C(\N)Nc1cc(Cl)nc(Sc2cc(F)c3nc(C)ccc3c2)n1. The van der Waals surface area contributed by atoms with Gasteiger partial charge in [0.1, 0.15) is 22.3 Å². The molecule has 9 heteroatoms. The summed E-state index contributed by atoms with van der Waals surface area (Å²) in [5.74, 6) is 0.227. The Bertz CT molecular complexity index is 1070. The number of rotatable bonds is 5. The summed E-state index contributed by atoms with van der Waals surface area (Å²) in [5, 5.41) is 11.5. The van der Waals surface area contributed by atoms with Crippen LogP contribution in [0.3, 0.4) is 0 Å². The molecule has 0 amide bonds. The first-order chi connectivity index (χ1) is 12.8. The van der Waals surface area contributed by atoms with E-state index in [1.54, 1.807) is 6.92 Å². The summed E-state index contributed by atoms with van der Waals surface area (Å²) in [5.41, 5.74) is 7.17. The van der Waals surface area contributed by atoms with Crippen molar-refractivity contribution in [2.75, 3.05) is 5.32 Å². The molecule has 27 heavy (non-hydrogen) atoms. The van der Waals surface area contributed by atoms with Crippen LogP contribution in [0.15, 0.2) is 52.3 Å². The van der Waals surface area contributed by atoms with Crippen molar-refractivity contribution < 1.29 is 4.39 Å². The molecule has 0 saturated heterocycles. The van der Waals surface area contributed by atoms with Crippen LogP contribution in [0.2, 0.25) is 5.15 Å². The number of allylic oxidation sites excluding steroid dienone is 1. The van der Waals surface area contributed by atoms with Crippen LogP contribution in [0, 0.1) is 18.2 Å². The van der Waals surface area contributed by atoms with Gasteiger partial charge in [0.25, 0.3) is 0 Å². The molecular weight excluding hydrogens is 387 g/mol. The van der Waals surface area contributed by atoms with Crippen molar-refractivity contribution in [3.63, 3.8) is 0 Å². The molecule has 0 aliphatic rings. The minimum Gasteiger partial charge on any atom is -0.385 e. The van der Waals surface area contributed by atoms with E-state index in [1.807, 2.05) is 25.1 Å². The summed E-state index contributed by atoms with van der Waals surface area (Å²) in [6.45, 7) is 3.42. The van der Waals surface area contributed by atoms with Gasteiger partial charge in [-0.1, -0.05) is 17.7 Å². The summed E-state index contributed by atoms with van der Waals surface area (Å²) in [4.78, 5) is 13.3. The molecule has 0 unspecified atom stereocenters. The molecule has 0 spiro atoms. The summed E-state index contributed by atoms with van der Waals surface area (Å²) >= 11 is 7.23. The average Bonchev–Trinajstić information content (AvgIpc) is 2.54. The predicted octanol–water partition coefficient (Wildman–Crippen LogP) is 4.53. The molecule has 1 aromatic carbocycles. The maximum atomic E-state index is 14.4. The van der Waals surface area contributed by atoms with E-state index in [0.717, 1.165) is 5.69 Å². The van der Waals surface area contributed by atoms with Crippen LogP contribution in [0.4, 0.5) is 10.2 Å². The number of nitrogens with two attached hydrogens (primary N) is 1. The number of pyridine rings is 1. The van der Waals surface area contributed by atoms with Crippen LogP contribution >= 0.6 is 23.4 Å². The van der Waals surface area contributed by atoms with Crippen LogP contribution in [0.25, 0.3) is 10.9 Å². The lowest BCUT2D eigenvalue weighted by atomic mass is 10.2. The van der Waals surface area contributed by atoms with Crippen molar-refractivity contribution in [2.45, 2.75) is 23.9 Å². The standard InChI is InChI=1S/C18H16ClFN6S/c1-9(21)5-15(22)25-16-8-14(19)24-18(26-16)27-12-6-11-4-3-10(2)23-17(11)13(20)7-12/h3-8,21H,22H2,1-2H3,(H,24,25,26)/b15-5+,21-9?. The topological polar surface area (TPSA) is 101 Å². The Morgan fingerprint density at radius 2 is 2.04 bits per heavy atom. The third-order valence-corrected chi connectivity index (χ3v) is 4.42. The molecule has 4 N–H and O–H groups in total. The lowest BCUT2D eigenvalue weighted by Gasteiger charge is -2.08. The van der Waals surface area contributed by atoms with Gasteiger partial charge in [0.2, 0.25) is 0 Å². The molecule has 0 aliphatic carbocycles. The zero-order valence-corrected chi connectivity index (χ0v) is 16.1. The number of nitrogens with zero attached hydrogens (tertiary/aromatic N) is 3. The number of nitrogens with one attached hydrogen (secondary N) is 2. The van der Waals surface area contributed by atoms with Gasteiger partial charge in [0.15, 0.2) is 11.0 Å². The Balaban J connectivity index is 1.90. The van der Waals surface area contributed by atoms with Gasteiger partial charge in [0, 0.05) is 27.8 Å². The second-order valence-electron chi connectivity index (χ2n) is 5.80. The van der Waals surface area contributed by atoms with Gasteiger partial charge in [0.05, 0.1) is 0 Å². The van der Waals surface area contributed by atoms with Gasteiger partial charge >= 0.3 is 0 Å². The first-order valence-electron chi connectivity index (χ1n) is 7.89. The Morgan fingerprint density at radius 1 is 1.26 bits per heavy atom. The van der Waals surface area contributed by atoms with Gasteiger partial charge in [-0.25, -0.2) is 14.4 Å². The highest BCUT2D eigenvalue weighted by molar-refractivity contribution is 7.99. The van der Waals surface area contributed by atoms with Crippen LogP contribution in [0.5, 0.6) is 0 Å². The quantitative estimate of drug-likeness (QED) is 0.329. The van der Waals surface area contributed by atoms with Gasteiger partial charge in [-0.05, 0) is 49.9 Å². The van der Waals surface area contributed by atoms with Gasteiger partial charge in [-0.2, -0.15) is 0 Å². The molecule has 0 fully saturated rings. The molecular formula is C18H16ClFN6S. The van der Waals surface area contributed by atoms with E-state index in [0.29, 0.717) is 32.5 Å². The number of benzene rings is 1. The number of halogens is 2. The number of hydrogen-bond acceptors (Lipinski definition) is 7. The van der Waals surface area contributed by atoms with E-state index in [-0.39, 0.29) is 11.0 Å². The maximum absolute atomic E-state index is 14.4. The Hall–Kier alpha value is -2.71. The second kappa shape index (κ2) is 7.89. The van der Waals surface area contributed by atoms with E-state index < -0.39 is 5.82 Å². The minimum atomic E-state index is -0.410. The smallest absolute Gasteiger partial charge is 0.195 e. The lowest BCUT2D eigenvalue weighted by molar-refractivity contribution is 0.633. The molecule has 0 atom stereocenters. The molecule has 0 saturated carbocycles. The Kier molecular flexibility index (Phi) is 5.57. The monoisotopic (exact) mass is 402 g/mol. The molecule has 138 valence electrons. The highest BCUT2D eigenvalue weighted by Crippen LogP contribution is 2.31. The minimum absolute atomic E-state index is 0.216. The van der Waals surface area contributed by atoms with Crippen molar-refractivity contribution in [1.29, 1.82) is 5.41 Å². The first-order valence-corrected chi connectivity index (χ1v) is 9.08. The molecule has 6 nitrogen and oxygen atoms in total. The van der Waals surface area contributed by atoms with E-state index in [9.17, 15) is 4.39 Å². The van der Waals surface area contributed by atoms with Crippen molar-refractivity contribution in [3.8, 4) is 0 Å². The number of anilines is 1. The molecule has 2 aromatic heterocycles. The Labute approximate surface area is 164 Å². The number of hydrogen-bond donors (Lipinski definition) is 3. The highest BCUT2D eigenvalue weighted by Gasteiger charge is 2.10.